The summed E-state index contributed by atoms with van der Waals surface area (Å²) in [7, 11) is 0. The zero-order chi connectivity index (χ0) is 25.5. The summed E-state index contributed by atoms with van der Waals surface area (Å²) >= 11 is 8.59. The number of hydrogen-bond donors (Lipinski definition) is 1. The van der Waals surface area contributed by atoms with Crippen molar-refractivity contribution in [3.05, 3.63) is 82.0 Å². The van der Waals surface area contributed by atoms with E-state index in [-0.39, 0.29) is 18.3 Å². The smallest absolute Gasteiger partial charge is 0.341 e. The van der Waals surface area contributed by atoms with Gasteiger partial charge in [0.1, 0.15) is 16.4 Å². The van der Waals surface area contributed by atoms with Crippen molar-refractivity contribution < 1.29 is 14.3 Å². The van der Waals surface area contributed by atoms with Gasteiger partial charge in [0.2, 0.25) is 5.91 Å². The fraction of sp³-hybridized carbons (Fsp3) is 0.231. The summed E-state index contributed by atoms with van der Waals surface area (Å²) in [5.74, 6) is 0.244. The van der Waals surface area contributed by atoms with Crippen molar-refractivity contribution in [2.24, 2.45) is 0 Å². The second-order valence-corrected chi connectivity index (χ2v) is 9.98. The molecule has 186 valence electrons. The number of amides is 1. The Kier molecular flexibility index (Phi) is 8.79. The number of nitrogens with zero attached hydrogens (tertiary/aromatic N) is 3. The third kappa shape index (κ3) is 6.16. The standard InChI is InChI=1S/C26H25ClN4O3S2/c1-3-31-21(14-17-10-12-19(27)13-11-17)29-30-26(31)36-16-22(32)28-24-23(25(33)34-4-2)20(15-35-24)18-8-6-5-7-9-18/h5-13,15H,3-4,14,16H2,1-2H3,(H,28,32). The van der Waals surface area contributed by atoms with E-state index in [1.165, 1.54) is 23.1 Å². The van der Waals surface area contributed by atoms with Gasteiger partial charge >= 0.3 is 5.97 Å². The van der Waals surface area contributed by atoms with Gasteiger partial charge in [-0.1, -0.05) is 65.8 Å². The second-order valence-electron chi connectivity index (χ2n) is 7.72. The Bertz CT molecular complexity index is 1340. The number of thioether (sulfide) groups is 1. The number of ether oxygens (including phenoxy) is 1. The Morgan fingerprint density at radius 1 is 1.08 bits per heavy atom. The van der Waals surface area contributed by atoms with Crippen molar-refractivity contribution in [2.45, 2.75) is 32.0 Å². The average molecular weight is 541 g/mol. The van der Waals surface area contributed by atoms with E-state index in [1.54, 1.807) is 6.92 Å². The maximum Gasteiger partial charge on any atom is 0.341 e. The van der Waals surface area contributed by atoms with Crippen LogP contribution in [0, 0.1) is 0 Å². The lowest BCUT2D eigenvalue weighted by molar-refractivity contribution is -0.113. The molecule has 0 spiro atoms. The number of thiophene rings is 1. The fourth-order valence-electron chi connectivity index (χ4n) is 3.64. The van der Waals surface area contributed by atoms with Crippen molar-refractivity contribution in [1.29, 1.82) is 0 Å². The highest BCUT2D eigenvalue weighted by atomic mass is 35.5. The number of esters is 1. The van der Waals surface area contributed by atoms with Crippen LogP contribution in [0.25, 0.3) is 11.1 Å². The first kappa shape index (κ1) is 25.9. The highest BCUT2D eigenvalue weighted by molar-refractivity contribution is 7.99. The minimum Gasteiger partial charge on any atom is -0.462 e. The topological polar surface area (TPSA) is 86.1 Å². The first-order chi connectivity index (χ1) is 17.5. The molecule has 0 atom stereocenters. The summed E-state index contributed by atoms with van der Waals surface area (Å²) in [6.45, 7) is 4.70. The van der Waals surface area contributed by atoms with Crippen LogP contribution in [0.15, 0.2) is 65.1 Å². The monoisotopic (exact) mass is 540 g/mol. The molecule has 7 nitrogen and oxygen atoms in total. The maximum atomic E-state index is 12.8. The molecule has 0 radical (unpaired) electrons. The summed E-state index contributed by atoms with van der Waals surface area (Å²) in [6.07, 6.45) is 0.616. The van der Waals surface area contributed by atoms with Crippen molar-refractivity contribution in [3.63, 3.8) is 0 Å². The largest absolute Gasteiger partial charge is 0.462 e. The lowest BCUT2D eigenvalue weighted by Gasteiger charge is -2.09. The number of halogens is 1. The SMILES string of the molecule is CCOC(=O)c1c(-c2ccccc2)csc1NC(=O)CSc1nnc(Cc2ccc(Cl)cc2)n1CC. The molecule has 0 unspecified atom stereocenters. The Morgan fingerprint density at radius 2 is 1.83 bits per heavy atom. The van der Waals surface area contributed by atoms with Gasteiger partial charge in [0.05, 0.1) is 12.4 Å². The fourth-order valence-corrected chi connectivity index (χ4v) is 5.56. The van der Waals surface area contributed by atoms with Gasteiger partial charge in [-0.15, -0.1) is 21.5 Å². The molecule has 0 aliphatic heterocycles. The van der Waals surface area contributed by atoms with Crippen molar-refractivity contribution in [2.75, 3.05) is 17.7 Å². The number of carbonyl (C=O) groups excluding carboxylic acids is 2. The van der Waals surface area contributed by atoms with Gasteiger partial charge in [0.15, 0.2) is 5.16 Å². The summed E-state index contributed by atoms with van der Waals surface area (Å²) in [5.41, 5.74) is 3.07. The molecule has 1 N–H and O–H groups in total. The molecule has 1 amide bonds. The zero-order valence-corrected chi connectivity index (χ0v) is 22.3. The molecule has 0 aliphatic rings. The molecule has 36 heavy (non-hydrogen) atoms. The van der Waals surface area contributed by atoms with Crippen LogP contribution in [0.3, 0.4) is 0 Å². The van der Waals surface area contributed by atoms with E-state index in [2.05, 4.69) is 15.5 Å². The first-order valence-electron chi connectivity index (χ1n) is 11.4. The molecular weight excluding hydrogens is 516 g/mol. The predicted octanol–water partition coefficient (Wildman–Crippen LogP) is 6.18. The van der Waals surface area contributed by atoms with Crippen molar-refractivity contribution in [1.82, 2.24) is 14.8 Å². The van der Waals surface area contributed by atoms with Gasteiger partial charge in [0, 0.05) is 28.9 Å². The Labute approximate surface area is 222 Å². The van der Waals surface area contributed by atoms with Crippen LogP contribution in [0.4, 0.5) is 5.00 Å². The normalized spacial score (nSPS) is 10.9. The average Bonchev–Trinajstić information content (AvgIpc) is 3.48. The molecule has 0 aliphatic carbocycles. The van der Waals surface area contributed by atoms with Crippen molar-refractivity contribution in [3.8, 4) is 11.1 Å². The van der Waals surface area contributed by atoms with E-state index < -0.39 is 5.97 Å². The van der Waals surface area contributed by atoms with E-state index in [4.69, 9.17) is 16.3 Å². The number of hydrogen-bond acceptors (Lipinski definition) is 7. The number of carbonyl (C=O) groups is 2. The van der Waals surface area contributed by atoms with Crippen molar-refractivity contribution >= 4 is 51.6 Å². The van der Waals surface area contributed by atoms with Crippen LogP contribution in [0.5, 0.6) is 0 Å². The van der Waals surface area contributed by atoms with Gasteiger partial charge in [0.25, 0.3) is 0 Å². The number of benzene rings is 2. The van der Waals surface area contributed by atoms with Gasteiger partial charge < -0.3 is 14.6 Å². The van der Waals surface area contributed by atoms with Crippen LogP contribution in [-0.4, -0.2) is 39.0 Å². The summed E-state index contributed by atoms with van der Waals surface area (Å²) in [5, 5.41) is 15.2. The zero-order valence-electron chi connectivity index (χ0n) is 19.9. The van der Waals surface area contributed by atoms with E-state index in [1.807, 2.05) is 71.5 Å². The van der Waals surface area contributed by atoms with Crippen LogP contribution in [0.2, 0.25) is 5.02 Å². The highest BCUT2D eigenvalue weighted by Crippen LogP contribution is 2.36. The molecule has 2 aromatic carbocycles. The molecule has 0 saturated carbocycles. The maximum absolute atomic E-state index is 12.8. The van der Waals surface area contributed by atoms with E-state index >= 15 is 0 Å². The van der Waals surface area contributed by atoms with Crippen LogP contribution < -0.4 is 5.32 Å². The first-order valence-corrected chi connectivity index (χ1v) is 13.7. The molecular formula is C26H25ClN4O3S2. The molecule has 2 heterocycles. The molecule has 0 saturated heterocycles. The van der Waals surface area contributed by atoms with E-state index in [0.29, 0.717) is 33.7 Å². The highest BCUT2D eigenvalue weighted by Gasteiger charge is 2.23. The molecule has 4 aromatic rings. The van der Waals surface area contributed by atoms with E-state index in [0.717, 1.165) is 22.5 Å². The molecule has 2 aromatic heterocycles. The molecule has 4 rings (SSSR count). The van der Waals surface area contributed by atoms with Gasteiger partial charge in [-0.05, 0) is 37.1 Å². The number of rotatable bonds is 10. The lowest BCUT2D eigenvalue weighted by Crippen LogP contribution is -2.17. The summed E-state index contributed by atoms with van der Waals surface area (Å²) < 4.78 is 7.27. The Morgan fingerprint density at radius 3 is 2.53 bits per heavy atom. The van der Waals surface area contributed by atoms with Crippen LogP contribution >= 0.6 is 34.7 Å². The van der Waals surface area contributed by atoms with Gasteiger partial charge in [-0.25, -0.2) is 4.79 Å². The predicted molar refractivity (Wildman–Crippen MR) is 145 cm³/mol. The third-order valence-corrected chi connectivity index (χ3v) is 7.44. The van der Waals surface area contributed by atoms with E-state index in [9.17, 15) is 9.59 Å². The Balaban J connectivity index is 1.46. The number of anilines is 1. The Hall–Kier alpha value is -3.14. The number of nitrogens with one attached hydrogen (secondary N) is 1. The number of aromatic nitrogens is 3. The second kappa shape index (κ2) is 12.2. The summed E-state index contributed by atoms with van der Waals surface area (Å²) in [6, 6.07) is 17.2. The summed E-state index contributed by atoms with van der Waals surface area (Å²) in [4.78, 5) is 25.6. The van der Waals surface area contributed by atoms with Gasteiger partial charge in [-0.2, -0.15) is 0 Å². The minimum absolute atomic E-state index is 0.125. The molecule has 0 bridgehead atoms. The van der Waals surface area contributed by atoms with Crippen LogP contribution in [0.1, 0.15) is 35.6 Å². The molecule has 0 fully saturated rings. The quantitative estimate of drug-likeness (QED) is 0.191. The molecule has 10 heteroatoms. The van der Waals surface area contributed by atoms with Crippen LogP contribution in [-0.2, 0) is 22.5 Å². The van der Waals surface area contributed by atoms with Gasteiger partial charge in [-0.3, -0.25) is 4.79 Å². The minimum atomic E-state index is -0.460. The lowest BCUT2D eigenvalue weighted by atomic mass is 10.0. The third-order valence-electron chi connectivity index (χ3n) is 5.33.